The van der Waals surface area contributed by atoms with Crippen LogP contribution in [0.3, 0.4) is 0 Å². The number of nitrogens with one attached hydrogen (secondary N) is 2. The molecule has 1 fully saturated rings. The number of nitrogens with zero attached hydrogens (tertiary/aromatic N) is 4. The zero-order valence-corrected chi connectivity index (χ0v) is 24.2. The molecule has 1 saturated heterocycles. The molecule has 10 heteroatoms. The number of methoxy groups -OCH3 is 1. The number of aromatic nitrogens is 3. The van der Waals surface area contributed by atoms with E-state index in [1.54, 1.807) is 13.3 Å². The van der Waals surface area contributed by atoms with Crippen molar-refractivity contribution in [3.63, 3.8) is 0 Å². The second kappa shape index (κ2) is 11.7. The molecule has 2 N–H and O–H groups in total. The van der Waals surface area contributed by atoms with Gasteiger partial charge < -0.3 is 29.4 Å². The number of hydrogen-bond donors (Lipinski definition) is 2. The first kappa shape index (κ1) is 27.1. The number of benzene rings is 2. The van der Waals surface area contributed by atoms with Crippen LogP contribution in [0.1, 0.15) is 18.1 Å². The minimum atomic E-state index is -1.99. The maximum absolute atomic E-state index is 12.4. The third-order valence-corrected chi connectivity index (χ3v) is 9.60. The summed E-state index contributed by atoms with van der Waals surface area (Å²) >= 11 is 6.45. The lowest BCUT2D eigenvalue weighted by atomic mass is 10.1. The van der Waals surface area contributed by atoms with Crippen molar-refractivity contribution in [3.05, 3.63) is 83.3 Å². The summed E-state index contributed by atoms with van der Waals surface area (Å²) in [6.07, 6.45) is 8.13. The molecule has 8 nitrogen and oxygen atoms in total. The highest BCUT2D eigenvalue weighted by molar-refractivity contribution is 7.63. The van der Waals surface area contributed by atoms with Gasteiger partial charge in [-0.1, -0.05) is 42.8 Å². The average molecular weight is 565 g/mol. The lowest BCUT2D eigenvalue weighted by molar-refractivity contribution is 0.417. The van der Waals surface area contributed by atoms with Crippen LogP contribution in [0.15, 0.2) is 67.1 Å². The molecular formula is C29H34ClN6O2P. The molecule has 0 aliphatic carbocycles. The first-order valence-electron chi connectivity index (χ1n) is 13.1. The molecule has 1 aliphatic heterocycles. The summed E-state index contributed by atoms with van der Waals surface area (Å²) in [6.45, 7) is 6.40. The standard InChI is InChI=1S/C29H34ClN6O2P/c1-4-21-5-7-22(8-6-21)19-35-12-11-23(20-35)32-29-31-18-25(30)28(34-29)33-26-10-9-24(17-27(26)38-2)36-13-15-39(3,37)16-14-36/h5-12,17-18,20H,4,13-16,19H2,1-3H3,(H2,31,32,33,34). The normalized spacial score (nSPS) is 14.7. The van der Waals surface area contributed by atoms with Gasteiger partial charge in [-0.3, -0.25) is 0 Å². The van der Waals surface area contributed by atoms with Crippen molar-refractivity contribution in [2.45, 2.75) is 19.9 Å². The minimum Gasteiger partial charge on any atom is -0.494 e. The van der Waals surface area contributed by atoms with Gasteiger partial charge >= 0.3 is 0 Å². The molecule has 3 heterocycles. The Balaban J connectivity index is 1.27. The minimum absolute atomic E-state index is 0.398. The van der Waals surface area contributed by atoms with Gasteiger partial charge in [-0.25, -0.2) is 4.98 Å². The number of rotatable bonds is 9. The van der Waals surface area contributed by atoms with Crippen molar-refractivity contribution in [1.82, 2.24) is 14.5 Å². The first-order chi connectivity index (χ1) is 18.8. The molecule has 0 amide bonds. The van der Waals surface area contributed by atoms with E-state index in [-0.39, 0.29) is 0 Å². The average Bonchev–Trinajstić information content (AvgIpc) is 3.37. The third kappa shape index (κ3) is 6.75. The van der Waals surface area contributed by atoms with E-state index < -0.39 is 7.14 Å². The molecule has 0 radical (unpaired) electrons. The Labute approximate surface area is 234 Å². The highest BCUT2D eigenvalue weighted by Gasteiger charge is 2.24. The predicted molar refractivity (Wildman–Crippen MR) is 161 cm³/mol. The van der Waals surface area contributed by atoms with Crippen molar-refractivity contribution in [2.75, 3.05) is 54.7 Å². The summed E-state index contributed by atoms with van der Waals surface area (Å²) in [5.41, 5.74) is 5.25. The highest BCUT2D eigenvalue weighted by Crippen LogP contribution is 2.44. The lowest BCUT2D eigenvalue weighted by Gasteiger charge is -2.32. The lowest BCUT2D eigenvalue weighted by Crippen LogP contribution is -2.34. The van der Waals surface area contributed by atoms with E-state index >= 15 is 0 Å². The van der Waals surface area contributed by atoms with Crippen LogP contribution in [0.25, 0.3) is 0 Å². The SMILES string of the molecule is CCc1ccc(Cn2ccc(Nc3ncc(Cl)c(Nc4ccc(N5CCP(C)(=O)CC5)cc4OC)n3)c2)cc1. The molecule has 0 spiro atoms. The van der Waals surface area contributed by atoms with Crippen molar-refractivity contribution in [1.29, 1.82) is 0 Å². The Morgan fingerprint density at radius 2 is 1.79 bits per heavy atom. The van der Waals surface area contributed by atoms with Crippen LogP contribution < -0.4 is 20.3 Å². The fourth-order valence-corrected chi connectivity index (χ4v) is 6.29. The van der Waals surface area contributed by atoms with E-state index in [1.165, 1.54) is 11.1 Å². The van der Waals surface area contributed by atoms with Gasteiger partial charge in [0.25, 0.3) is 0 Å². The maximum atomic E-state index is 12.4. The van der Waals surface area contributed by atoms with Crippen molar-refractivity contribution in [3.8, 4) is 5.75 Å². The summed E-state index contributed by atoms with van der Waals surface area (Å²) in [7, 11) is -0.357. The number of ether oxygens (including phenoxy) is 1. The van der Waals surface area contributed by atoms with Crippen LogP contribution >= 0.6 is 18.7 Å². The summed E-state index contributed by atoms with van der Waals surface area (Å²) in [5.74, 6) is 1.58. The molecule has 1 aliphatic rings. The van der Waals surface area contributed by atoms with E-state index in [0.29, 0.717) is 22.5 Å². The van der Waals surface area contributed by atoms with Gasteiger partial charge in [0.1, 0.15) is 10.8 Å². The van der Waals surface area contributed by atoms with Gasteiger partial charge in [0.05, 0.1) is 31.8 Å². The van der Waals surface area contributed by atoms with E-state index in [0.717, 1.165) is 55.4 Å². The van der Waals surface area contributed by atoms with Crippen LogP contribution in [-0.4, -0.2) is 53.7 Å². The smallest absolute Gasteiger partial charge is 0.229 e. The molecule has 4 aromatic rings. The zero-order valence-electron chi connectivity index (χ0n) is 22.5. The summed E-state index contributed by atoms with van der Waals surface area (Å²) in [4.78, 5) is 11.2. The Morgan fingerprint density at radius 1 is 1.05 bits per heavy atom. The number of anilines is 5. The van der Waals surface area contributed by atoms with Gasteiger partial charge in [-0.05, 0) is 42.4 Å². The fraction of sp³-hybridized carbons (Fsp3) is 0.310. The summed E-state index contributed by atoms with van der Waals surface area (Å²) in [5, 5.41) is 6.96. The Hall–Kier alpha value is -3.48. The molecule has 5 rings (SSSR count). The van der Waals surface area contributed by atoms with Crippen molar-refractivity contribution >= 4 is 47.6 Å². The van der Waals surface area contributed by atoms with Crippen molar-refractivity contribution < 1.29 is 9.30 Å². The molecule has 0 atom stereocenters. The first-order valence-corrected chi connectivity index (χ1v) is 16.0. The zero-order chi connectivity index (χ0) is 27.4. The third-order valence-electron chi connectivity index (χ3n) is 7.04. The van der Waals surface area contributed by atoms with Crippen LogP contribution in [0.4, 0.5) is 28.8 Å². The number of aryl methyl sites for hydroxylation is 1. The Bertz CT molecular complexity index is 1480. The topological polar surface area (TPSA) is 84.3 Å². The highest BCUT2D eigenvalue weighted by atomic mass is 35.5. The van der Waals surface area contributed by atoms with Crippen LogP contribution in [0, 0.1) is 0 Å². The molecule has 204 valence electrons. The van der Waals surface area contributed by atoms with E-state index in [4.69, 9.17) is 16.3 Å². The van der Waals surface area contributed by atoms with Gasteiger partial charge in [0, 0.05) is 56.1 Å². The van der Waals surface area contributed by atoms with E-state index in [2.05, 4.69) is 61.3 Å². The Kier molecular flexibility index (Phi) is 8.15. The molecule has 0 bridgehead atoms. The molecule has 0 saturated carbocycles. The molecule has 2 aromatic carbocycles. The fourth-order valence-electron chi connectivity index (χ4n) is 4.60. The van der Waals surface area contributed by atoms with Crippen molar-refractivity contribution in [2.24, 2.45) is 0 Å². The second-order valence-electron chi connectivity index (χ2n) is 10.00. The van der Waals surface area contributed by atoms with Crippen LogP contribution in [0.5, 0.6) is 5.75 Å². The van der Waals surface area contributed by atoms with Crippen LogP contribution in [-0.2, 0) is 17.5 Å². The second-order valence-corrected chi connectivity index (χ2v) is 13.9. The summed E-state index contributed by atoms with van der Waals surface area (Å²) < 4.78 is 20.2. The number of halogens is 1. The molecule has 2 aromatic heterocycles. The Morgan fingerprint density at radius 3 is 2.51 bits per heavy atom. The van der Waals surface area contributed by atoms with Gasteiger partial charge in [0.15, 0.2) is 5.82 Å². The molecule has 0 unspecified atom stereocenters. The van der Waals surface area contributed by atoms with Gasteiger partial charge in [-0.2, -0.15) is 4.98 Å². The number of hydrogen-bond acceptors (Lipinski definition) is 7. The largest absolute Gasteiger partial charge is 0.494 e. The van der Waals surface area contributed by atoms with Crippen LogP contribution in [0.2, 0.25) is 5.02 Å². The van der Waals surface area contributed by atoms with Gasteiger partial charge in [-0.15, -0.1) is 0 Å². The quantitative estimate of drug-likeness (QED) is 0.215. The van der Waals surface area contributed by atoms with E-state index in [9.17, 15) is 4.57 Å². The van der Waals surface area contributed by atoms with Gasteiger partial charge in [0.2, 0.25) is 5.95 Å². The molecule has 39 heavy (non-hydrogen) atoms. The predicted octanol–water partition coefficient (Wildman–Crippen LogP) is 6.85. The van der Waals surface area contributed by atoms with E-state index in [1.807, 2.05) is 43.3 Å². The molecular weight excluding hydrogens is 531 g/mol. The monoisotopic (exact) mass is 564 g/mol. The maximum Gasteiger partial charge on any atom is 0.229 e. The summed E-state index contributed by atoms with van der Waals surface area (Å²) in [6, 6.07) is 16.7.